The van der Waals surface area contributed by atoms with Crippen LogP contribution < -0.4 is 15.5 Å². The van der Waals surface area contributed by atoms with Crippen LogP contribution in [0.2, 0.25) is 5.02 Å². The molecule has 30 heavy (non-hydrogen) atoms. The number of carbonyl (C=O) groups excluding carboxylic acids is 2. The molecule has 2 atom stereocenters. The molecule has 3 aliphatic rings. The number of rotatable bonds is 6. The number of nitrogens with zero attached hydrogens (tertiary/aromatic N) is 2. The Bertz CT molecular complexity index is 747. The monoisotopic (exact) mass is 436 g/mol. The van der Waals surface area contributed by atoms with Gasteiger partial charge in [0.2, 0.25) is 5.91 Å². The molecule has 1 aromatic rings. The second kappa shape index (κ2) is 9.85. The van der Waals surface area contributed by atoms with Crippen molar-refractivity contribution in [1.82, 2.24) is 10.2 Å². The van der Waals surface area contributed by atoms with Crippen LogP contribution in [-0.2, 0) is 14.3 Å². The lowest BCUT2D eigenvalue weighted by Crippen LogP contribution is -2.47. The third-order valence-electron chi connectivity index (χ3n) is 5.76. The van der Waals surface area contributed by atoms with Crippen LogP contribution in [0.1, 0.15) is 25.7 Å². The van der Waals surface area contributed by atoms with Crippen LogP contribution in [0.4, 0.5) is 16.2 Å². The summed E-state index contributed by atoms with van der Waals surface area (Å²) >= 11 is 6.47. The van der Waals surface area contributed by atoms with Crippen molar-refractivity contribution in [3.63, 3.8) is 0 Å². The molecule has 3 amide bonds. The molecule has 3 heterocycles. The van der Waals surface area contributed by atoms with Gasteiger partial charge in [-0.1, -0.05) is 11.6 Å². The largest absolute Gasteiger partial charge is 0.376 e. The van der Waals surface area contributed by atoms with Crippen LogP contribution in [-0.4, -0.2) is 75.0 Å². The summed E-state index contributed by atoms with van der Waals surface area (Å²) in [5.74, 6) is -0.0198. The highest BCUT2D eigenvalue weighted by atomic mass is 35.5. The van der Waals surface area contributed by atoms with Crippen LogP contribution in [0.3, 0.4) is 0 Å². The van der Waals surface area contributed by atoms with Crippen LogP contribution in [0.25, 0.3) is 0 Å². The Labute approximate surface area is 181 Å². The maximum absolute atomic E-state index is 13.0. The summed E-state index contributed by atoms with van der Waals surface area (Å²) in [4.78, 5) is 28.4. The first-order valence-electron chi connectivity index (χ1n) is 10.7. The van der Waals surface area contributed by atoms with Crippen molar-refractivity contribution in [1.29, 1.82) is 0 Å². The molecule has 8 nitrogen and oxygen atoms in total. The van der Waals surface area contributed by atoms with E-state index in [4.69, 9.17) is 21.1 Å². The van der Waals surface area contributed by atoms with Gasteiger partial charge in [0.05, 0.1) is 29.5 Å². The molecule has 4 rings (SSSR count). The molecule has 0 aliphatic carbocycles. The maximum atomic E-state index is 13.0. The fourth-order valence-corrected chi connectivity index (χ4v) is 4.50. The minimum Gasteiger partial charge on any atom is -0.376 e. The minimum atomic E-state index is -0.179. The summed E-state index contributed by atoms with van der Waals surface area (Å²) in [5.41, 5.74) is 1.42. The predicted octanol–water partition coefficient (Wildman–Crippen LogP) is 2.47. The standard InChI is InChI=1S/C21H29ClN4O4/c22-18-11-15(5-6-19(18)25-8-7-23-20(27)14-25)24-21(28)26(12-16-3-1-9-29-16)13-17-4-2-10-30-17/h5-6,11,16-17H,1-4,7-10,12-14H2,(H,23,27)(H,24,28)/t16-,17-/m0/s1. The quantitative estimate of drug-likeness (QED) is 0.715. The Hall–Kier alpha value is -2.03. The summed E-state index contributed by atoms with van der Waals surface area (Å²) in [5, 5.41) is 6.27. The van der Waals surface area contributed by atoms with Crippen molar-refractivity contribution in [2.45, 2.75) is 37.9 Å². The van der Waals surface area contributed by atoms with Crippen molar-refractivity contribution in [2.24, 2.45) is 0 Å². The molecule has 3 fully saturated rings. The second-order valence-corrected chi connectivity index (χ2v) is 8.45. The first kappa shape index (κ1) is 21.2. The number of benzene rings is 1. The van der Waals surface area contributed by atoms with Crippen molar-refractivity contribution < 1.29 is 19.1 Å². The minimum absolute atomic E-state index is 0.0198. The average molecular weight is 437 g/mol. The van der Waals surface area contributed by atoms with Crippen molar-refractivity contribution in [2.75, 3.05) is 56.2 Å². The van der Waals surface area contributed by atoms with E-state index < -0.39 is 0 Å². The third-order valence-corrected chi connectivity index (χ3v) is 6.06. The van der Waals surface area contributed by atoms with Crippen LogP contribution >= 0.6 is 11.6 Å². The molecule has 3 saturated heterocycles. The van der Waals surface area contributed by atoms with Gasteiger partial charge in [-0.15, -0.1) is 0 Å². The van der Waals surface area contributed by atoms with Crippen molar-refractivity contribution in [3.05, 3.63) is 23.2 Å². The zero-order valence-electron chi connectivity index (χ0n) is 17.1. The number of urea groups is 1. The molecule has 0 spiro atoms. The van der Waals surface area contributed by atoms with E-state index in [9.17, 15) is 9.59 Å². The Balaban J connectivity index is 1.41. The highest BCUT2D eigenvalue weighted by Gasteiger charge is 2.27. The summed E-state index contributed by atoms with van der Waals surface area (Å²) in [6.45, 7) is 4.20. The third kappa shape index (κ3) is 5.36. The average Bonchev–Trinajstić information content (AvgIpc) is 3.42. The fraction of sp³-hybridized carbons (Fsp3) is 0.619. The Morgan fingerprint density at radius 1 is 1.20 bits per heavy atom. The van der Waals surface area contributed by atoms with Crippen LogP contribution in [0.5, 0.6) is 0 Å². The molecule has 164 valence electrons. The molecule has 9 heteroatoms. The SMILES string of the molecule is O=C1CN(c2ccc(NC(=O)N(C[C@@H]3CCCO3)C[C@@H]3CCCO3)cc2Cl)CCN1. The normalized spacial score (nSPS) is 24.0. The molecular formula is C21H29ClN4O4. The fourth-order valence-electron chi connectivity index (χ4n) is 4.20. The van der Waals surface area contributed by atoms with Gasteiger partial charge in [0.15, 0.2) is 0 Å². The molecule has 0 unspecified atom stereocenters. The van der Waals surface area contributed by atoms with Gasteiger partial charge in [-0.3, -0.25) is 4.79 Å². The number of anilines is 2. The number of amides is 3. The number of piperazine rings is 1. The van der Waals surface area contributed by atoms with Gasteiger partial charge in [-0.05, 0) is 43.9 Å². The zero-order chi connectivity index (χ0) is 20.9. The summed E-state index contributed by atoms with van der Waals surface area (Å²) in [6.07, 6.45) is 4.16. The Kier molecular flexibility index (Phi) is 6.97. The summed E-state index contributed by atoms with van der Waals surface area (Å²) < 4.78 is 11.5. The molecule has 2 N–H and O–H groups in total. The number of hydrogen-bond acceptors (Lipinski definition) is 5. The lowest BCUT2D eigenvalue weighted by molar-refractivity contribution is -0.120. The zero-order valence-corrected chi connectivity index (χ0v) is 17.8. The molecule has 0 bridgehead atoms. The van der Waals surface area contributed by atoms with E-state index >= 15 is 0 Å². The second-order valence-electron chi connectivity index (χ2n) is 8.04. The highest BCUT2D eigenvalue weighted by Crippen LogP contribution is 2.29. The first-order valence-corrected chi connectivity index (χ1v) is 11.1. The van der Waals surface area contributed by atoms with E-state index in [1.54, 1.807) is 11.0 Å². The Morgan fingerprint density at radius 3 is 2.47 bits per heavy atom. The van der Waals surface area contributed by atoms with Gasteiger partial charge >= 0.3 is 6.03 Å². The summed E-state index contributed by atoms with van der Waals surface area (Å²) in [6, 6.07) is 5.22. The molecule has 0 aromatic heterocycles. The molecule has 0 saturated carbocycles. The lowest BCUT2D eigenvalue weighted by atomic mass is 10.2. The smallest absolute Gasteiger partial charge is 0.322 e. The van der Waals surface area contributed by atoms with Crippen LogP contribution in [0.15, 0.2) is 18.2 Å². The molecule has 3 aliphatic heterocycles. The number of halogens is 1. The number of carbonyl (C=O) groups is 2. The Morgan fingerprint density at radius 2 is 1.90 bits per heavy atom. The van der Waals surface area contributed by atoms with Crippen molar-refractivity contribution >= 4 is 34.9 Å². The lowest BCUT2D eigenvalue weighted by Gasteiger charge is -2.30. The number of hydrogen-bond donors (Lipinski definition) is 2. The van der Waals surface area contributed by atoms with Gasteiger partial charge < -0.3 is 29.9 Å². The summed E-state index contributed by atoms with van der Waals surface area (Å²) in [7, 11) is 0. The molecular weight excluding hydrogens is 408 g/mol. The molecule has 1 aromatic carbocycles. The van der Waals surface area contributed by atoms with Crippen molar-refractivity contribution in [3.8, 4) is 0 Å². The van der Waals surface area contributed by atoms with E-state index in [1.807, 2.05) is 17.0 Å². The van der Waals surface area contributed by atoms with Gasteiger partial charge in [0.1, 0.15) is 0 Å². The van der Waals surface area contributed by atoms with Crippen LogP contribution in [0, 0.1) is 0 Å². The predicted molar refractivity (Wildman–Crippen MR) is 115 cm³/mol. The van der Waals surface area contributed by atoms with Gasteiger partial charge in [-0.25, -0.2) is 4.79 Å². The van der Waals surface area contributed by atoms with E-state index in [2.05, 4.69) is 10.6 Å². The number of ether oxygens (including phenoxy) is 2. The van der Waals surface area contributed by atoms with Gasteiger partial charge in [0.25, 0.3) is 0 Å². The highest BCUT2D eigenvalue weighted by molar-refractivity contribution is 6.33. The van der Waals surface area contributed by atoms with E-state index in [0.717, 1.165) is 44.6 Å². The van der Waals surface area contributed by atoms with E-state index in [0.29, 0.717) is 36.9 Å². The number of nitrogens with one attached hydrogen (secondary N) is 2. The maximum Gasteiger partial charge on any atom is 0.322 e. The van der Waals surface area contributed by atoms with Gasteiger partial charge in [0, 0.05) is 45.1 Å². The molecule has 0 radical (unpaired) electrons. The van der Waals surface area contributed by atoms with E-state index in [-0.39, 0.29) is 30.7 Å². The topological polar surface area (TPSA) is 83.1 Å². The first-order chi connectivity index (χ1) is 14.6. The van der Waals surface area contributed by atoms with E-state index in [1.165, 1.54) is 0 Å². The van der Waals surface area contributed by atoms with Gasteiger partial charge in [-0.2, -0.15) is 0 Å².